The first-order valence-corrected chi connectivity index (χ1v) is 12.0. The van der Waals surface area contributed by atoms with E-state index in [1.165, 1.54) is 0 Å². The van der Waals surface area contributed by atoms with Gasteiger partial charge in [0.1, 0.15) is 12.1 Å². The van der Waals surface area contributed by atoms with Crippen molar-refractivity contribution >= 4 is 24.0 Å². The smallest absolute Gasteiger partial charge is 0.326 e. The molecule has 2 atom stereocenters. The van der Waals surface area contributed by atoms with E-state index in [1.54, 1.807) is 0 Å². The Morgan fingerprint density at radius 3 is 1.28 bits per heavy atom. The molecule has 0 radical (unpaired) electrons. The molecule has 0 aromatic heterocycles. The Morgan fingerprint density at radius 2 is 0.944 bits per heavy atom. The highest BCUT2D eigenvalue weighted by molar-refractivity contribution is 5.83. The molecule has 0 saturated heterocycles. The molecule has 0 fully saturated rings. The lowest BCUT2D eigenvalue weighted by molar-refractivity contribution is -0.140. The van der Waals surface area contributed by atoms with Crippen molar-refractivity contribution in [2.75, 3.05) is 13.1 Å². The van der Waals surface area contributed by atoms with Gasteiger partial charge < -0.3 is 31.5 Å². The fourth-order valence-electron chi connectivity index (χ4n) is 3.53. The third-order valence-corrected chi connectivity index (χ3v) is 5.45. The zero-order valence-corrected chi connectivity index (χ0v) is 20.1. The number of carboxylic acids is 2. The topological polar surface area (TPSA) is 157 Å². The molecule has 0 bridgehead atoms. The number of carbonyl (C=O) groups is 4. The Labute approximate surface area is 210 Å². The number of carbonyl (C=O) groups excluding carboxylic acids is 2. The summed E-state index contributed by atoms with van der Waals surface area (Å²) in [6, 6.07) is 15.1. The van der Waals surface area contributed by atoms with Crippen LogP contribution in [0, 0.1) is 0 Å². The molecule has 2 aromatic carbocycles. The number of hydrogen-bond acceptors (Lipinski definition) is 4. The summed E-state index contributed by atoms with van der Waals surface area (Å²) < 4.78 is 0. The van der Waals surface area contributed by atoms with Gasteiger partial charge in [0, 0.05) is 25.9 Å². The summed E-state index contributed by atoms with van der Waals surface area (Å²) in [6.07, 6.45) is 3.42. The molecule has 0 unspecified atom stereocenters. The fourth-order valence-corrected chi connectivity index (χ4v) is 3.53. The second-order valence-electron chi connectivity index (χ2n) is 8.38. The molecule has 2 rings (SSSR count). The SMILES string of the molecule is O=C(NCCCCCCNC(=O)N[C@@H](Cc1ccccc1)C(=O)O)N[C@@H](Cc1ccccc1)C(=O)O. The van der Waals surface area contributed by atoms with Crippen molar-refractivity contribution in [2.24, 2.45) is 0 Å². The van der Waals surface area contributed by atoms with Gasteiger partial charge in [-0.1, -0.05) is 73.5 Å². The number of aliphatic carboxylic acids is 2. The largest absolute Gasteiger partial charge is 0.480 e. The molecule has 0 aliphatic carbocycles. The number of urea groups is 2. The molecule has 0 spiro atoms. The van der Waals surface area contributed by atoms with Crippen molar-refractivity contribution in [3.8, 4) is 0 Å². The summed E-state index contributed by atoms with van der Waals surface area (Å²) in [5, 5.41) is 29.0. The minimum absolute atomic E-state index is 0.198. The van der Waals surface area contributed by atoms with E-state index in [1.807, 2.05) is 60.7 Å². The number of unbranched alkanes of at least 4 members (excludes halogenated alkanes) is 3. The van der Waals surface area contributed by atoms with Crippen molar-refractivity contribution in [3.63, 3.8) is 0 Å². The van der Waals surface area contributed by atoms with Crippen molar-refractivity contribution in [1.82, 2.24) is 21.3 Å². The van der Waals surface area contributed by atoms with Crippen LogP contribution in [-0.4, -0.2) is 59.4 Å². The summed E-state index contributed by atoms with van der Waals surface area (Å²) in [4.78, 5) is 46.9. The van der Waals surface area contributed by atoms with Gasteiger partial charge in [-0.25, -0.2) is 19.2 Å². The van der Waals surface area contributed by atoms with Crippen LogP contribution < -0.4 is 21.3 Å². The van der Waals surface area contributed by atoms with Gasteiger partial charge in [0.05, 0.1) is 0 Å². The zero-order valence-electron chi connectivity index (χ0n) is 20.1. The van der Waals surface area contributed by atoms with Gasteiger partial charge in [-0.05, 0) is 24.0 Å². The lowest BCUT2D eigenvalue weighted by Gasteiger charge is -2.15. The quantitative estimate of drug-likeness (QED) is 0.207. The molecular formula is C26H34N4O6. The van der Waals surface area contributed by atoms with Gasteiger partial charge in [-0.15, -0.1) is 0 Å². The van der Waals surface area contributed by atoms with E-state index in [2.05, 4.69) is 21.3 Å². The van der Waals surface area contributed by atoms with Crippen molar-refractivity contribution in [1.29, 1.82) is 0 Å². The minimum atomic E-state index is -1.10. The molecule has 0 aliphatic heterocycles. The van der Waals surface area contributed by atoms with Crippen LogP contribution >= 0.6 is 0 Å². The first-order chi connectivity index (χ1) is 17.3. The van der Waals surface area contributed by atoms with Gasteiger partial charge in [-0.3, -0.25) is 0 Å². The van der Waals surface area contributed by atoms with E-state index in [-0.39, 0.29) is 12.8 Å². The molecule has 194 valence electrons. The number of rotatable bonds is 15. The molecule has 0 heterocycles. The molecule has 2 aromatic rings. The molecule has 0 saturated carbocycles. The van der Waals surface area contributed by atoms with Crippen LogP contribution in [0.3, 0.4) is 0 Å². The predicted octanol–water partition coefficient (Wildman–Crippen LogP) is 2.54. The highest BCUT2D eigenvalue weighted by Gasteiger charge is 2.21. The van der Waals surface area contributed by atoms with E-state index in [9.17, 15) is 29.4 Å². The summed E-state index contributed by atoms with van der Waals surface area (Å²) in [5.41, 5.74) is 1.64. The van der Waals surface area contributed by atoms with Crippen LogP contribution in [0.4, 0.5) is 9.59 Å². The van der Waals surface area contributed by atoms with Crippen molar-refractivity contribution in [3.05, 3.63) is 71.8 Å². The van der Waals surface area contributed by atoms with Gasteiger partial charge in [-0.2, -0.15) is 0 Å². The molecule has 10 nitrogen and oxygen atoms in total. The highest BCUT2D eigenvalue weighted by Crippen LogP contribution is 2.05. The molecule has 36 heavy (non-hydrogen) atoms. The Kier molecular flexibility index (Phi) is 12.3. The normalized spacial score (nSPS) is 12.1. The van der Waals surface area contributed by atoms with Crippen LogP contribution in [0.5, 0.6) is 0 Å². The molecule has 6 N–H and O–H groups in total. The van der Waals surface area contributed by atoms with E-state index in [0.717, 1.165) is 24.0 Å². The monoisotopic (exact) mass is 498 g/mol. The van der Waals surface area contributed by atoms with Crippen LogP contribution in [0.25, 0.3) is 0 Å². The van der Waals surface area contributed by atoms with Crippen LogP contribution in [0.15, 0.2) is 60.7 Å². The van der Waals surface area contributed by atoms with Crippen LogP contribution in [0.2, 0.25) is 0 Å². The zero-order chi connectivity index (χ0) is 26.2. The summed E-state index contributed by atoms with van der Waals surface area (Å²) in [5.74, 6) is -2.19. The van der Waals surface area contributed by atoms with E-state index < -0.39 is 36.1 Å². The van der Waals surface area contributed by atoms with Gasteiger partial charge in [0.25, 0.3) is 0 Å². The molecule has 10 heteroatoms. The van der Waals surface area contributed by atoms with E-state index in [0.29, 0.717) is 25.9 Å². The second-order valence-corrected chi connectivity index (χ2v) is 8.38. The first kappa shape index (κ1) is 28.2. The Hall–Kier alpha value is -4.08. The van der Waals surface area contributed by atoms with Gasteiger partial charge >= 0.3 is 24.0 Å². The van der Waals surface area contributed by atoms with E-state index in [4.69, 9.17) is 0 Å². The standard InChI is InChI=1S/C26H34N4O6/c31-23(32)21(17-19-11-5-3-6-12-19)29-25(35)27-15-9-1-2-10-16-28-26(36)30-22(24(33)34)18-20-13-7-4-8-14-20/h3-8,11-14,21-22H,1-2,9-10,15-18H2,(H,31,32)(H,33,34)(H2,27,29,35)(H2,28,30,36)/t21-,22-/m0/s1. The highest BCUT2D eigenvalue weighted by atomic mass is 16.4. The maximum absolute atomic E-state index is 12.0. The minimum Gasteiger partial charge on any atom is -0.480 e. The van der Waals surface area contributed by atoms with Gasteiger partial charge in [0.2, 0.25) is 0 Å². The second kappa shape index (κ2) is 15.8. The van der Waals surface area contributed by atoms with Crippen LogP contribution in [-0.2, 0) is 22.4 Å². The summed E-state index contributed by atoms with van der Waals surface area (Å²) >= 11 is 0. The Balaban J connectivity index is 1.55. The molecule has 0 aliphatic rings. The van der Waals surface area contributed by atoms with Crippen LogP contribution in [0.1, 0.15) is 36.8 Å². The average molecular weight is 499 g/mol. The van der Waals surface area contributed by atoms with Crippen molar-refractivity contribution < 1.29 is 29.4 Å². The Bertz CT molecular complexity index is 891. The van der Waals surface area contributed by atoms with E-state index >= 15 is 0 Å². The lowest BCUT2D eigenvalue weighted by Crippen LogP contribution is -2.47. The number of amides is 4. The number of nitrogens with one attached hydrogen (secondary N) is 4. The summed E-state index contributed by atoms with van der Waals surface area (Å²) in [6.45, 7) is 0.800. The first-order valence-electron chi connectivity index (χ1n) is 12.0. The lowest BCUT2D eigenvalue weighted by atomic mass is 10.1. The molecule has 4 amide bonds. The predicted molar refractivity (Wildman–Crippen MR) is 135 cm³/mol. The average Bonchev–Trinajstić information content (AvgIpc) is 2.86. The number of hydrogen-bond donors (Lipinski definition) is 6. The fraction of sp³-hybridized carbons (Fsp3) is 0.385. The number of carboxylic acid groups (broad SMARTS) is 2. The van der Waals surface area contributed by atoms with Crippen molar-refractivity contribution in [2.45, 2.75) is 50.6 Å². The molecular weight excluding hydrogens is 464 g/mol. The third kappa shape index (κ3) is 11.4. The summed E-state index contributed by atoms with van der Waals surface area (Å²) in [7, 11) is 0. The Morgan fingerprint density at radius 1 is 0.583 bits per heavy atom. The number of benzene rings is 2. The third-order valence-electron chi connectivity index (χ3n) is 5.45. The maximum atomic E-state index is 12.0. The maximum Gasteiger partial charge on any atom is 0.326 e. The van der Waals surface area contributed by atoms with Gasteiger partial charge in [0.15, 0.2) is 0 Å².